The van der Waals surface area contributed by atoms with Crippen LogP contribution in [-0.2, 0) is 12.8 Å². The van der Waals surface area contributed by atoms with Crippen LogP contribution in [0.15, 0.2) is 68.4 Å². The van der Waals surface area contributed by atoms with Gasteiger partial charge in [0, 0.05) is 28.1 Å². The summed E-state index contributed by atoms with van der Waals surface area (Å²) in [6, 6.07) is 11.2. The van der Waals surface area contributed by atoms with Crippen molar-refractivity contribution in [3.63, 3.8) is 0 Å². The first-order chi connectivity index (χ1) is 13.8. The van der Waals surface area contributed by atoms with E-state index < -0.39 is 17.4 Å². The summed E-state index contributed by atoms with van der Waals surface area (Å²) in [5, 5.41) is 0.360. The number of fused-ring (bicyclic) bond motifs is 1. The Balaban J connectivity index is 1.55. The average molecular weight is 422 g/mol. The summed E-state index contributed by atoms with van der Waals surface area (Å²) in [7, 11) is 0. The first-order valence-electron chi connectivity index (χ1n) is 8.28. The van der Waals surface area contributed by atoms with Crippen molar-refractivity contribution in [3.05, 3.63) is 81.6 Å². The van der Waals surface area contributed by atoms with Gasteiger partial charge in [-0.3, -0.25) is 0 Å². The van der Waals surface area contributed by atoms with Crippen molar-refractivity contribution in [2.45, 2.75) is 12.8 Å². The summed E-state index contributed by atoms with van der Waals surface area (Å²) in [6.07, 6.45) is -3.15. The number of ether oxygens (including phenoxy) is 1. The Morgan fingerprint density at radius 1 is 1.03 bits per heavy atom. The Morgan fingerprint density at radius 3 is 2.52 bits per heavy atom. The van der Waals surface area contributed by atoms with Crippen molar-refractivity contribution < 1.29 is 26.7 Å². The maximum Gasteiger partial charge on any atom is 0.417 e. The molecule has 0 bridgehead atoms. The van der Waals surface area contributed by atoms with Gasteiger partial charge in [0.1, 0.15) is 11.3 Å². The molecular weight excluding hydrogens is 411 g/mol. The van der Waals surface area contributed by atoms with E-state index in [9.17, 15) is 18.0 Å². The summed E-state index contributed by atoms with van der Waals surface area (Å²) in [5.74, 6) is 0.978. The SMILES string of the molecule is O=c1cc(C(F)(F)F)c2ccc(OCc3ncc(-c4ccc(Cl)cc4)o3)cc2o1. The van der Waals surface area contributed by atoms with Gasteiger partial charge in [0.25, 0.3) is 0 Å². The number of hydrogen-bond acceptors (Lipinski definition) is 5. The highest BCUT2D eigenvalue weighted by Crippen LogP contribution is 2.35. The van der Waals surface area contributed by atoms with E-state index >= 15 is 0 Å². The Morgan fingerprint density at radius 2 is 1.79 bits per heavy atom. The van der Waals surface area contributed by atoms with Crippen molar-refractivity contribution in [1.82, 2.24) is 4.98 Å². The molecule has 2 heterocycles. The van der Waals surface area contributed by atoms with Gasteiger partial charge >= 0.3 is 11.8 Å². The Kier molecular flexibility index (Phi) is 4.79. The fourth-order valence-electron chi connectivity index (χ4n) is 2.74. The fraction of sp³-hybridized carbons (Fsp3) is 0.100. The smallest absolute Gasteiger partial charge is 0.417 e. The molecule has 0 saturated carbocycles. The van der Waals surface area contributed by atoms with Crippen molar-refractivity contribution in [2.75, 3.05) is 0 Å². The molecule has 2 aromatic carbocycles. The van der Waals surface area contributed by atoms with Crippen LogP contribution in [0.25, 0.3) is 22.3 Å². The van der Waals surface area contributed by atoms with Gasteiger partial charge in [-0.1, -0.05) is 11.6 Å². The standard InChI is InChI=1S/C20H11ClF3NO4/c21-12-3-1-11(2-4-12)17-9-25-18(28-17)10-27-13-5-6-14-15(20(22,23)24)8-19(26)29-16(14)7-13/h1-9H,10H2. The van der Waals surface area contributed by atoms with Gasteiger partial charge in [-0.05, 0) is 36.4 Å². The van der Waals surface area contributed by atoms with Crippen molar-refractivity contribution >= 4 is 22.6 Å². The zero-order valence-electron chi connectivity index (χ0n) is 14.5. The van der Waals surface area contributed by atoms with Gasteiger partial charge in [-0.15, -0.1) is 0 Å². The highest BCUT2D eigenvalue weighted by Gasteiger charge is 2.33. The van der Waals surface area contributed by atoms with Gasteiger partial charge in [0.15, 0.2) is 12.4 Å². The van der Waals surface area contributed by atoms with Crippen LogP contribution in [-0.4, -0.2) is 4.98 Å². The normalized spacial score (nSPS) is 11.7. The molecule has 5 nitrogen and oxygen atoms in total. The number of benzene rings is 2. The largest absolute Gasteiger partial charge is 0.484 e. The van der Waals surface area contributed by atoms with Gasteiger partial charge in [-0.25, -0.2) is 9.78 Å². The molecule has 29 heavy (non-hydrogen) atoms. The third-order valence-corrected chi connectivity index (χ3v) is 4.32. The van der Waals surface area contributed by atoms with E-state index in [1.165, 1.54) is 24.4 Å². The second-order valence-corrected chi connectivity index (χ2v) is 6.49. The van der Waals surface area contributed by atoms with E-state index in [1.807, 2.05) is 0 Å². The van der Waals surface area contributed by atoms with Crippen LogP contribution in [0.3, 0.4) is 0 Å². The van der Waals surface area contributed by atoms with Crippen LogP contribution >= 0.6 is 11.6 Å². The molecule has 0 radical (unpaired) electrons. The van der Waals surface area contributed by atoms with Crippen LogP contribution < -0.4 is 10.4 Å². The molecule has 0 aliphatic heterocycles. The third-order valence-electron chi connectivity index (χ3n) is 4.07. The van der Waals surface area contributed by atoms with E-state index in [4.69, 9.17) is 25.2 Å². The molecule has 0 aliphatic rings. The van der Waals surface area contributed by atoms with Crippen LogP contribution in [0.1, 0.15) is 11.5 Å². The molecule has 148 valence electrons. The first-order valence-corrected chi connectivity index (χ1v) is 8.66. The van der Waals surface area contributed by atoms with Crippen molar-refractivity contribution in [1.29, 1.82) is 0 Å². The van der Waals surface area contributed by atoms with Crippen LogP contribution in [0.5, 0.6) is 5.75 Å². The molecule has 2 aromatic heterocycles. The molecule has 0 amide bonds. The Bertz CT molecular complexity index is 1230. The summed E-state index contributed by atoms with van der Waals surface area (Å²) in [6.45, 7) is -0.0672. The second kappa shape index (κ2) is 7.29. The highest BCUT2D eigenvalue weighted by atomic mass is 35.5. The quantitative estimate of drug-likeness (QED) is 0.395. The number of halogens is 4. The minimum Gasteiger partial charge on any atom is -0.484 e. The first kappa shape index (κ1) is 19.1. The average Bonchev–Trinajstić information content (AvgIpc) is 3.14. The summed E-state index contributed by atoms with van der Waals surface area (Å²) < 4.78 is 55.3. The molecule has 4 aromatic rings. The topological polar surface area (TPSA) is 65.5 Å². The van der Waals surface area contributed by atoms with Gasteiger partial charge in [-0.2, -0.15) is 13.2 Å². The van der Waals surface area contributed by atoms with Crippen molar-refractivity contribution in [2.24, 2.45) is 0 Å². The number of hydrogen-bond donors (Lipinski definition) is 0. The Hall–Kier alpha value is -3.26. The maximum atomic E-state index is 13.1. The van der Waals surface area contributed by atoms with E-state index in [-0.39, 0.29) is 29.2 Å². The molecule has 0 N–H and O–H groups in total. The van der Waals surface area contributed by atoms with Crippen LogP contribution in [0, 0.1) is 0 Å². The molecule has 0 fully saturated rings. The predicted octanol–water partition coefficient (Wildman–Crippen LogP) is 5.70. The summed E-state index contributed by atoms with van der Waals surface area (Å²) in [5.41, 5.74) is -1.60. The lowest BCUT2D eigenvalue weighted by molar-refractivity contribution is -0.136. The summed E-state index contributed by atoms with van der Waals surface area (Å²) >= 11 is 5.85. The fourth-order valence-corrected chi connectivity index (χ4v) is 2.86. The molecule has 0 saturated heterocycles. The molecule has 9 heteroatoms. The zero-order chi connectivity index (χ0) is 20.6. The van der Waals surface area contributed by atoms with E-state index in [0.29, 0.717) is 16.8 Å². The lowest BCUT2D eigenvalue weighted by Gasteiger charge is -2.10. The number of nitrogens with zero attached hydrogens (tertiary/aromatic N) is 1. The number of rotatable bonds is 4. The lowest BCUT2D eigenvalue weighted by atomic mass is 10.1. The molecule has 0 atom stereocenters. The number of aromatic nitrogens is 1. The maximum absolute atomic E-state index is 13.1. The summed E-state index contributed by atoms with van der Waals surface area (Å²) in [4.78, 5) is 15.6. The van der Waals surface area contributed by atoms with Gasteiger partial charge in [0.05, 0.1) is 11.8 Å². The highest BCUT2D eigenvalue weighted by molar-refractivity contribution is 6.30. The van der Waals surface area contributed by atoms with E-state index in [1.54, 1.807) is 24.3 Å². The van der Waals surface area contributed by atoms with Gasteiger partial charge < -0.3 is 13.6 Å². The lowest BCUT2D eigenvalue weighted by Crippen LogP contribution is -2.11. The third kappa shape index (κ3) is 4.12. The zero-order valence-corrected chi connectivity index (χ0v) is 15.3. The predicted molar refractivity (Wildman–Crippen MR) is 98.8 cm³/mol. The van der Waals surface area contributed by atoms with Gasteiger partial charge in [0.2, 0.25) is 5.89 Å². The molecule has 0 aliphatic carbocycles. The van der Waals surface area contributed by atoms with E-state index in [0.717, 1.165) is 5.56 Å². The monoisotopic (exact) mass is 421 g/mol. The minimum atomic E-state index is -4.67. The second-order valence-electron chi connectivity index (χ2n) is 6.05. The number of oxazole rings is 1. The Labute approximate surface area is 166 Å². The molecule has 0 spiro atoms. The number of alkyl halides is 3. The molecule has 0 unspecified atom stereocenters. The van der Waals surface area contributed by atoms with Crippen molar-refractivity contribution in [3.8, 4) is 17.1 Å². The molecule has 4 rings (SSSR count). The van der Waals surface area contributed by atoms with Crippen LogP contribution in [0.2, 0.25) is 5.02 Å². The van der Waals surface area contributed by atoms with Crippen LogP contribution in [0.4, 0.5) is 13.2 Å². The van der Waals surface area contributed by atoms with E-state index in [2.05, 4.69) is 4.98 Å². The minimum absolute atomic E-state index is 0.0672. The molecular formula is C20H11ClF3NO4.